The van der Waals surface area contributed by atoms with Gasteiger partial charge >= 0.3 is 6.09 Å². The Morgan fingerprint density at radius 1 is 0.896 bits per heavy atom. The van der Waals surface area contributed by atoms with Crippen LogP contribution >= 0.6 is 0 Å². The number of imidazole rings is 2. The fraction of sp³-hybridized carbons (Fsp3) is 0.444. The molecule has 3 aliphatic heterocycles. The number of hydrogen-bond acceptors (Lipinski definition) is 8. The fourth-order valence-corrected chi connectivity index (χ4v) is 6.95. The summed E-state index contributed by atoms with van der Waals surface area (Å²) in [6, 6.07) is 16.0. The molecule has 2 aromatic carbocycles. The number of nitrogens with one attached hydrogen (secondary N) is 4. The van der Waals surface area contributed by atoms with Gasteiger partial charge in [0.25, 0.3) is 0 Å². The van der Waals surface area contributed by atoms with E-state index < -0.39 is 17.9 Å². The lowest BCUT2D eigenvalue weighted by atomic mass is 10.0. The highest BCUT2D eigenvalue weighted by Crippen LogP contribution is 2.36. The van der Waals surface area contributed by atoms with E-state index in [1.165, 1.54) is 7.11 Å². The molecule has 0 aliphatic carbocycles. The number of amides is 2. The molecule has 7 rings (SSSR count). The number of aromatic nitrogens is 4. The second-order valence-electron chi connectivity index (χ2n) is 13.2. The number of carbonyl (C=O) groups is 2. The number of benzene rings is 2. The fourth-order valence-electron chi connectivity index (χ4n) is 6.95. The molecule has 4 N–H and O–H groups in total. The van der Waals surface area contributed by atoms with Crippen molar-refractivity contribution in [1.82, 2.24) is 35.5 Å². The summed E-state index contributed by atoms with van der Waals surface area (Å²) in [6.07, 6.45) is 6.44. The maximum atomic E-state index is 13.5. The van der Waals surface area contributed by atoms with Crippen molar-refractivity contribution in [3.63, 3.8) is 0 Å². The number of aromatic amines is 2. The standard InChI is InChI=1S/C36H43N7O5/c1-22(2)31(42-35(45)46-3)34(44)43-15-4-6-30(43)33-38-20-29(41-33)26-13-9-24(10-14-26)23-7-11-25(12-8-23)28-19-37-32(40-28)27-18-36(21-39-27)47-16-5-17-48-36/h7-14,19-20,22,27,30-31,39H,4-6,15-18,21H2,1-3H3,(H,37,40)(H,38,41)(H,42,45)/t27-,30-,31-/m0/s1. The van der Waals surface area contributed by atoms with Crippen molar-refractivity contribution in [1.29, 1.82) is 0 Å². The summed E-state index contributed by atoms with van der Waals surface area (Å²) in [5.74, 6) is 0.898. The molecule has 0 radical (unpaired) electrons. The van der Waals surface area contributed by atoms with Crippen molar-refractivity contribution < 1.29 is 23.8 Å². The monoisotopic (exact) mass is 653 g/mol. The van der Waals surface area contributed by atoms with Crippen LogP contribution in [-0.4, -0.2) is 82.1 Å². The highest BCUT2D eigenvalue weighted by Gasteiger charge is 2.44. The zero-order valence-electron chi connectivity index (χ0n) is 27.6. The molecule has 1 spiro atoms. The van der Waals surface area contributed by atoms with Crippen LogP contribution in [0.1, 0.15) is 63.3 Å². The average molecular weight is 654 g/mol. The molecule has 0 bridgehead atoms. The summed E-state index contributed by atoms with van der Waals surface area (Å²) in [4.78, 5) is 43.5. The Kier molecular flexibility index (Phi) is 9.04. The first-order valence-electron chi connectivity index (χ1n) is 16.8. The van der Waals surface area contributed by atoms with Gasteiger partial charge in [-0.1, -0.05) is 62.4 Å². The van der Waals surface area contributed by atoms with Crippen LogP contribution < -0.4 is 10.6 Å². The van der Waals surface area contributed by atoms with Gasteiger partial charge in [-0.25, -0.2) is 14.8 Å². The molecule has 48 heavy (non-hydrogen) atoms. The smallest absolute Gasteiger partial charge is 0.407 e. The molecule has 4 aromatic rings. The number of likely N-dealkylation sites (tertiary alicyclic amines) is 1. The first-order valence-corrected chi connectivity index (χ1v) is 16.8. The first-order chi connectivity index (χ1) is 23.3. The predicted octanol–water partition coefficient (Wildman–Crippen LogP) is 5.35. The Morgan fingerprint density at radius 3 is 2.08 bits per heavy atom. The van der Waals surface area contributed by atoms with Crippen LogP contribution in [0.2, 0.25) is 0 Å². The summed E-state index contributed by atoms with van der Waals surface area (Å²) in [5, 5.41) is 6.20. The summed E-state index contributed by atoms with van der Waals surface area (Å²) in [7, 11) is 1.30. The van der Waals surface area contributed by atoms with Gasteiger partial charge in [0, 0.05) is 13.0 Å². The zero-order chi connectivity index (χ0) is 33.3. The lowest BCUT2D eigenvalue weighted by molar-refractivity contribution is -0.255. The lowest BCUT2D eigenvalue weighted by Gasteiger charge is -2.32. The van der Waals surface area contributed by atoms with E-state index in [1.54, 1.807) is 0 Å². The molecule has 0 unspecified atom stereocenters. The molecule has 0 saturated carbocycles. The molecule has 12 nitrogen and oxygen atoms in total. The van der Waals surface area contributed by atoms with Gasteiger partial charge in [-0.05, 0) is 47.4 Å². The molecule has 3 atom stereocenters. The van der Waals surface area contributed by atoms with Gasteiger partial charge in [0.2, 0.25) is 5.91 Å². The Balaban J connectivity index is 0.996. The number of carbonyl (C=O) groups excluding carboxylic acids is 2. The van der Waals surface area contributed by atoms with Gasteiger partial charge in [0.1, 0.15) is 17.7 Å². The van der Waals surface area contributed by atoms with E-state index >= 15 is 0 Å². The minimum absolute atomic E-state index is 0.0627. The third kappa shape index (κ3) is 6.47. The molecule has 2 amide bonds. The number of H-pyrrole nitrogens is 2. The number of hydrogen-bond donors (Lipinski definition) is 4. The van der Waals surface area contributed by atoms with Gasteiger partial charge in [0.15, 0.2) is 5.79 Å². The van der Waals surface area contributed by atoms with E-state index in [0.717, 1.165) is 84.2 Å². The van der Waals surface area contributed by atoms with Crippen LogP contribution in [0.5, 0.6) is 0 Å². The average Bonchev–Trinajstić information content (AvgIpc) is 3.94. The minimum Gasteiger partial charge on any atom is -0.453 e. The van der Waals surface area contributed by atoms with Crippen LogP contribution in [-0.2, 0) is 19.0 Å². The molecular weight excluding hydrogens is 610 g/mol. The minimum atomic E-state index is -0.666. The number of nitrogens with zero attached hydrogens (tertiary/aromatic N) is 3. The largest absolute Gasteiger partial charge is 0.453 e. The summed E-state index contributed by atoms with van der Waals surface area (Å²) < 4.78 is 16.7. The molecule has 252 valence electrons. The van der Waals surface area contributed by atoms with Crippen LogP contribution in [0, 0.1) is 5.92 Å². The van der Waals surface area contributed by atoms with Gasteiger partial charge in [-0.2, -0.15) is 0 Å². The van der Waals surface area contributed by atoms with Gasteiger partial charge in [-0.3, -0.25) is 4.79 Å². The normalized spacial score (nSPS) is 21.1. The highest BCUT2D eigenvalue weighted by atomic mass is 16.7. The molecule has 2 aromatic heterocycles. The predicted molar refractivity (Wildman–Crippen MR) is 180 cm³/mol. The SMILES string of the molecule is COC(=O)N[C@H](C(=O)N1CCC[C@H]1c1ncc(-c2ccc(-c3ccc(-c4cnc([C@@H]5CC6(CN5)OCCCO6)[nH]4)cc3)cc2)[nH]1)C(C)C. The van der Waals surface area contributed by atoms with Gasteiger partial charge in [0.05, 0.1) is 62.7 Å². The van der Waals surface area contributed by atoms with E-state index in [0.29, 0.717) is 13.1 Å². The molecule has 3 saturated heterocycles. The molecular formula is C36H43N7O5. The zero-order valence-corrected chi connectivity index (χ0v) is 27.6. The highest BCUT2D eigenvalue weighted by molar-refractivity contribution is 5.86. The lowest BCUT2D eigenvalue weighted by Crippen LogP contribution is -2.51. The third-order valence-electron chi connectivity index (χ3n) is 9.64. The van der Waals surface area contributed by atoms with Crippen molar-refractivity contribution in [3.8, 4) is 33.6 Å². The Labute approximate surface area is 280 Å². The van der Waals surface area contributed by atoms with Gasteiger partial charge < -0.3 is 39.7 Å². The quantitative estimate of drug-likeness (QED) is 0.199. The summed E-state index contributed by atoms with van der Waals surface area (Å²) >= 11 is 0. The maximum Gasteiger partial charge on any atom is 0.407 e. The van der Waals surface area contributed by atoms with Crippen LogP contribution in [0.3, 0.4) is 0 Å². The summed E-state index contributed by atoms with van der Waals surface area (Å²) in [5.41, 5.74) is 6.15. The van der Waals surface area contributed by atoms with Crippen molar-refractivity contribution in [2.75, 3.05) is 33.4 Å². The molecule has 5 heterocycles. The van der Waals surface area contributed by atoms with Gasteiger partial charge in [-0.15, -0.1) is 0 Å². The Hall–Kier alpha value is -4.52. The van der Waals surface area contributed by atoms with E-state index in [-0.39, 0.29) is 23.9 Å². The van der Waals surface area contributed by atoms with Crippen molar-refractivity contribution in [2.45, 2.75) is 63.4 Å². The number of methoxy groups -OCH3 is 1. The van der Waals surface area contributed by atoms with E-state index in [9.17, 15) is 9.59 Å². The second-order valence-corrected chi connectivity index (χ2v) is 13.2. The first kappa shape index (κ1) is 32.0. The second kappa shape index (κ2) is 13.5. The van der Waals surface area contributed by atoms with Crippen molar-refractivity contribution >= 4 is 12.0 Å². The molecule has 3 fully saturated rings. The van der Waals surface area contributed by atoms with Crippen LogP contribution in [0.4, 0.5) is 4.79 Å². The van der Waals surface area contributed by atoms with Crippen molar-refractivity contribution in [2.24, 2.45) is 5.92 Å². The summed E-state index contributed by atoms with van der Waals surface area (Å²) in [6.45, 7) is 6.57. The van der Waals surface area contributed by atoms with E-state index in [4.69, 9.17) is 14.2 Å². The molecule has 12 heteroatoms. The maximum absolute atomic E-state index is 13.5. The van der Waals surface area contributed by atoms with Crippen molar-refractivity contribution in [3.05, 3.63) is 72.6 Å². The number of ether oxygens (including phenoxy) is 3. The molecule has 3 aliphatic rings. The van der Waals surface area contributed by atoms with E-state index in [1.807, 2.05) is 31.1 Å². The Morgan fingerprint density at radius 2 is 1.48 bits per heavy atom. The van der Waals surface area contributed by atoms with Crippen LogP contribution in [0.15, 0.2) is 60.9 Å². The number of alkyl carbamates (subject to hydrolysis) is 1. The van der Waals surface area contributed by atoms with Crippen LogP contribution in [0.25, 0.3) is 33.6 Å². The Bertz CT molecular complexity index is 1730. The van der Waals surface area contributed by atoms with E-state index in [2.05, 4.69) is 79.1 Å². The third-order valence-corrected chi connectivity index (χ3v) is 9.64. The topological polar surface area (TPSA) is 146 Å². The number of rotatable bonds is 8.